The van der Waals surface area contributed by atoms with E-state index in [1.54, 1.807) is 12.3 Å². The fourth-order valence-electron chi connectivity index (χ4n) is 1.67. The number of nitrogens with one attached hydrogen (secondary N) is 1. The second-order valence-corrected chi connectivity index (χ2v) is 4.11. The van der Waals surface area contributed by atoms with E-state index in [0.29, 0.717) is 11.9 Å². The van der Waals surface area contributed by atoms with Crippen molar-refractivity contribution in [1.29, 1.82) is 0 Å². The fourth-order valence-corrected chi connectivity index (χ4v) is 1.67. The number of hydrogen-bond donors (Lipinski definition) is 2. The van der Waals surface area contributed by atoms with Crippen LogP contribution in [0.2, 0.25) is 0 Å². The first-order chi connectivity index (χ1) is 8.24. The normalized spacial score (nSPS) is 12.3. The minimum absolute atomic E-state index is 0.328. The molecule has 4 nitrogen and oxygen atoms in total. The van der Waals surface area contributed by atoms with Crippen molar-refractivity contribution in [2.75, 3.05) is 11.1 Å². The third-order valence-corrected chi connectivity index (χ3v) is 2.57. The summed E-state index contributed by atoms with van der Waals surface area (Å²) in [4.78, 5) is 4.20. The molecule has 0 aliphatic carbocycles. The van der Waals surface area contributed by atoms with Crippen LogP contribution in [0.5, 0.6) is 0 Å². The smallest absolute Gasteiger partial charge is 0.128 e. The number of nitrogens with zero attached hydrogens (tertiary/aromatic N) is 1. The Balaban J connectivity index is 1.83. The van der Waals surface area contributed by atoms with E-state index in [1.807, 2.05) is 24.3 Å². The molecule has 90 valence electrons. The van der Waals surface area contributed by atoms with Crippen LogP contribution >= 0.6 is 0 Å². The molecule has 17 heavy (non-hydrogen) atoms. The van der Waals surface area contributed by atoms with Crippen molar-refractivity contribution >= 4 is 11.6 Å². The van der Waals surface area contributed by atoms with Crippen LogP contribution in [0.3, 0.4) is 0 Å². The molecule has 0 bridgehead atoms. The molecule has 3 N–H and O–H groups in total. The Morgan fingerprint density at radius 2 is 2.24 bits per heavy atom. The Bertz CT molecular complexity index is 453. The Labute approximate surface area is 101 Å². The van der Waals surface area contributed by atoms with Crippen LogP contribution in [0.1, 0.15) is 19.1 Å². The standard InChI is InChI=1S/C13H17N3O/c1-10(7-8-11-4-3-9-17-11)15-13-6-2-5-12(14)16-13/h2-6,9-10H,7-8H2,1H3,(H3,14,15,16). The van der Waals surface area contributed by atoms with Gasteiger partial charge in [-0.25, -0.2) is 4.98 Å². The van der Waals surface area contributed by atoms with Crippen LogP contribution in [-0.2, 0) is 6.42 Å². The first kappa shape index (κ1) is 11.5. The van der Waals surface area contributed by atoms with Crippen LogP contribution in [-0.4, -0.2) is 11.0 Å². The van der Waals surface area contributed by atoms with E-state index in [9.17, 15) is 0 Å². The van der Waals surface area contributed by atoms with Crippen molar-refractivity contribution in [2.45, 2.75) is 25.8 Å². The molecule has 0 fully saturated rings. The van der Waals surface area contributed by atoms with Gasteiger partial charge in [-0.1, -0.05) is 6.07 Å². The third kappa shape index (κ3) is 3.52. The Morgan fingerprint density at radius 3 is 2.94 bits per heavy atom. The van der Waals surface area contributed by atoms with Gasteiger partial charge in [-0.2, -0.15) is 0 Å². The third-order valence-electron chi connectivity index (χ3n) is 2.57. The highest BCUT2D eigenvalue weighted by molar-refractivity contribution is 5.42. The van der Waals surface area contributed by atoms with Gasteiger partial charge >= 0.3 is 0 Å². The van der Waals surface area contributed by atoms with Crippen molar-refractivity contribution in [3.05, 3.63) is 42.4 Å². The molecule has 0 saturated heterocycles. The monoisotopic (exact) mass is 231 g/mol. The molecule has 2 aromatic heterocycles. The molecule has 2 rings (SSSR count). The van der Waals surface area contributed by atoms with Gasteiger partial charge in [-0.3, -0.25) is 0 Å². The number of hydrogen-bond acceptors (Lipinski definition) is 4. The summed E-state index contributed by atoms with van der Waals surface area (Å²) in [6, 6.07) is 9.81. The van der Waals surface area contributed by atoms with Gasteiger partial charge < -0.3 is 15.5 Å². The predicted octanol–water partition coefficient (Wildman–Crippen LogP) is 2.69. The zero-order valence-electron chi connectivity index (χ0n) is 9.89. The molecule has 1 unspecified atom stereocenters. The van der Waals surface area contributed by atoms with E-state index in [1.165, 1.54) is 0 Å². The lowest BCUT2D eigenvalue weighted by atomic mass is 10.1. The minimum atomic E-state index is 0.328. The molecule has 2 aromatic rings. The lowest BCUT2D eigenvalue weighted by Crippen LogP contribution is -2.17. The van der Waals surface area contributed by atoms with E-state index >= 15 is 0 Å². The summed E-state index contributed by atoms with van der Waals surface area (Å²) in [5.41, 5.74) is 5.62. The number of anilines is 2. The quantitative estimate of drug-likeness (QED) is 0.830. The number of nitrogen functional groups attached to an aromatic ring is 1. The molecule has 2 heterocycles. The summed E-state index contributed by atoms with van der Waals surface area (Å²) in [5, 5.41) is 3.31. The molecular weight excluding hydrogens is 214 g/mol. The van der Waals surface area contributed by atoms with Gasteiger partial charge in [0.25, 0.3) is 0 Å². The van der Waals surface area contributed by atoms with Gasteiger partial charge in [-0.15, -0.1) is 0 Å². The molecule has 1 atom stereocenters. The van der Waals surface area contributed by atoms with E-state index in [2.05, 4.69) is 17.2 Å². The maximum Gasteiger partial charge on any atom is 0.128 e. The number of pyridine rings is 1. The van der Waals surface area contributed by atoms with Crippen molar-refractivity contribution in [3.8, 4) is 0 Å². The molecule has 0 aromatic carbocycles. The summed E-state index contributed by atoms with van der Waals surface area (Å²) in [5.74, 6) is 2.37. The Kier molecular flexibility index (Phi) is 3.65. The molecule has 0 saturated carbocycles. The van der Waals surface area contributed by atoms with Crippen LogP contribution < -0.4 is 11.1 Å². The van der Waals surface area contributed by atoms with E-state index < -0.39 is 0 Å². The molecular formula is C13H17N3O. The lowest BCUT2D eigenvalue weighted by Gasteiger charge is -2.13. The Morgan fingerprint density at radius 1 is 1.35 bits per heavy atom. The van der Waals surface area contributed by atoms with Crippen LogP contribution in [0, 0.1) is 0 Å². The van der Waals surface area contributed by atoms with Gasteiger partial charge in [0.05, 0.1) is 6.26 Å². The average Bonchev–Trinajstić information content (AvgIpc) is 2.79. The van der Waals surface area contributed by atoms with Crippen LogP contribution in [0.25, 0.3) is 0 Å². The van der Waals surface area contributed by atoms with Gasteiger partial charge in [0.15, 0.2) is 0 Å². The molecule has 4 heteroatoms. The molecule has 0 aliphatic rings. The van der Waals surface area contributed by atoms with Crippen molar-refractivity contribution < 1.29 is 4.42 Å². The maximum atomic E-state index is 5.62. The molecule has 0 radical (unpaired) electrons. The number of aryl methyl sites for hydroxylation is 1. The highest BCUT2D eigenvalue weighted by Gasteiger charge is 2.04. The number of rotatable bonds is 5. The topological polar surface area (TPSA) is 64.1 Å². The van der Waals surface area contributed by atoms with Crippen molar-refractivity contribution in [3.63, 3.8) is 0 Å². The Hall–Kier alpha value is -1.97. The molecule has 0 aliphatic heterocycles. The van der Waals surface area contributed by atoms with Gasteiger partial charge in [-0.05, 0) is 37.6 Å². The predicted molar refractivity (Wildman–Crippen MR) is 68.8 cm³/mol. The van der Waals surface area contributed by atoms with E-state index in [-0.39, 0.29) is 0 Å². The van der Waals surface area contributed by atoms with E-state index in [4.69, 9.17) is 10.2 Å². The summed E-state index contributed by atoms with van der Waals surface area (Å²) in [7, 11) is 0. The second-order valence-electron chi connectivity index (χ2n) is 4.11. The molecule has 0 spiro atoms. The summed E-state index contributed by atoms with van der Waals surface area (Å²) < 4.78 is 5.29. The number of aromatic nitrogens is 1. The fraction of sp³-hybridized carbons (Fsp3) is 0.308. The van der Waals surface area contributed by atoms with E-state index in [0.717, 1.165) is 24.4 Å². The van der Waals surface area contributed by atoms with Gasteiger partial charge in [0.2, 0.25) is 0 Å². The second kappa shape index (κ2) is 5.39. The first-order valence-corrected chi connectivity index (χ1v) is 5.75. The highest BCUT2D eigenvalue weighted by atomic mass is 16.3. The zero-order chi connectivity index (χ0) is 12.1. The summed E-state index contributed by atoms with van der Waals surface area (Å²) >= 11 is 0. The number of nitrogens with two attached hydrogens (primary N) is 1. The molecule has 0 amide bonds. The maximum absolute atomic E-state index is 5.62. The zero-order valence-corrected chi connectivity index (χ0v) is 9.89. The highest BCUT2D eigenvalue weighted by Crippen LogP contribution is 2.11. The van der Waals surface area contributed by atoms with Gasteiger partial charge in [0, 0.05) is 12.5 Å². The van der Waals surface area contributed by atoms with Crippen LogP contribution in [0.4, 0.5) is 11.6 Å². The van der Waals surface area contributed by atoms with Crippen LogP contribution in [0.15, 0.2) is 41.0 Å². The summed E-state index contributed by atoms with van der Waals surface area (Å²) in [6.07, 6.45) is 3.61. The van der Waals surface area contributed by atoms with Crippen molar-refractivity contribution in [1.82, 2.24) is 4.98 Å². The van der Waals surface area contributed by atoms with Crippen molar-refractivity contribution in [2.24, 2.45) is 0 Å². The summed E-state index contributed by atoms with van der Waals surface area (Å²) in [6.45, 7) is 2.12. The largest absolute Gasteiger partial charge is 0.469 e. The SMILES string of the molecule is CC(CCc1ccco1)Nc1cccc(N)n1. The lowest BCUT2D eigenvalue weighted by molar-refractivity contribution is 0.495. The number of furan rings is 1. The first-order valence-electron chi connectivity index (χ1n) is 5.75. The van der Waals surface area contributed by atoms with Gasteiger partial charge in [0.1, 0.15) is 17.4 Å². The average molecular weight is 231 g/mol. The minimum Gasteiger partial charge on any atom is -0.469 e.